The van der Waals surface area contributed by atoms with Gasteiger partial charge in [0.25, 0.3) is 15.9 Å². The van der Waals surface area contributed by atoms with Crippen LogP contribution in [-0.2, 0) is 10.0 Å². The molecule has 3 rings (SSSR count). The topological polar surface area (TPSA) is 75.7 Å². The Labute approximate surface area is 177 Å². The summed E-state index contributed by atoms with van der Waals surface area (Å²) in [6, 6.07) is 21.7. The number of carbonyl (C=O) groups is 1. The van der Waals surface area contributed by atoms with Gasteiger partial charge in [-0.25, -0.2) is 8.42 Å². The third-order valence-corrected chi connectivity index (χ3v) is 6.16. The molecule has 1 N–H and O–H groups in total. The lowest BCUT2D eigenvalue weighted by atomic mass is 10.2. The average Bonchev–Trinajstić information content (AvgIpc) is 2.75. The molecule has 0 unspecified atom stereocenters. The largest absolute Gasteiger partial charge is 0.491 e. The highest BCUT2D eigenvalue weighted by Gasteiger charge is 2.21. The minimum absolute atomic E-state index is 0.0670. The van der Waals surface area contributed by atoms with E-state index in [1.807, 2.05) is 13.8 Å². The highest BCUT2D eigenvalue weighted by Crippen LogP contribution is 2.23. The summed E-state index contributed by atoms with van der Waals surface area (Å²) in [6.45, 7) is 3.88. The van der Waals surface area contributed by atoms with E-state index in [0.29, 0.717) is 16.9 Å². The van der Waals surface area contributed by atoms with E-state index in [9.17, 15) is 13.2 Å². The minimum atomic E-state index is -3.72. The van der Waals surface area contributed by atoms with Crippen LogP contribution in [0.4, 0.5) is 11.4 Å². The van der Waals surface area contributed by atoms with Gasteiger partial charge in [-0.15, -0.1) is 0 Å². The summed E-state index contributed by atoms with van der Waals surface area (Å²) in [5.74, 6) is 0.387. The molecule has 3 aromatic rings. The molecule has 3 aromatic carbocycles. The summed E-state index contributed by atoms with van der Waals surface area (Å²) in [5.41, 5.74) is 1.36. The second-order valence-corrected chi connectivity index (χ2v) is 8.95. The van der Waals surface area contributed by atoms with Crippen LogP contribution in [0.25, 0.3) is 0 Å². The quantitative estimate of drug-likeness (QED) is 0.604. The molecular weight excluding hydrogens is 400 g/mol. The Balaban J connectivity index is 1.77. The number of amides is 1. The summed E-state index contributed by atoms with van der Waals surface area (Å²) >= 11 is 0. The second-order valence-electron chi connectivity index (χ2n) is 6.98. The van der Waals surface area contributed by atoms with Gasteiger partial charge >= 0.3 is 0 Å². The molecule has 0 saturated carbocycles. The van der Waals surface area contributed by atoms with Crippen molar-refractivity contribution in [1.29, 1.82) is 0 Å². The molecule has 0 aliphatic heterocycles. The maximum Gasteiger partial charge on any atom is 0.264 e. The van der Waals surface area contributed by atoms with Crippen molar-refractivity contribution in [2.75, 3.05) is 16.7 Å². The summed E-state index contributed by atoms with van der Waals surface area (Å²) in [5, 5.41) is 2.81. The molecule has 0 bridgehead atoms. The highest BCUT2D eigenvalue weighted by atomic mass is 32.2. The van der Waals surface area contributed by atoms with Gasteiger partial charge in [-0.2, -0.15) is 0 Å². The van der Waals surface area contributed by atoms with E-state index in [1.165, 1.54) is 19.2 Å². The van der Waals surface area contributed by atoms with E-state index >= 15 is 0 Å². The van der Waals surface area contributed by atoms with Crippen LogP contribution in [0, 0.1) is 0 Å². The number of nitrogens with zero attached hydrogens (tertiary/aromatic N) is 1. The molecule has 0 aromatic heterocycles. The van der Waals surface area contributed by atoms with Crippen LogP contribution in [0.5, 0.6) is 5.75 Å². The van der Waals surface area contributed by atoms with Crippen LogP contribution < -0.4 is 14.4 Å². The predicted octanol–water partition coefficient (Wildman–Crippen LogP) is 4.55. The van der Waals surface area contributed by atoms with Crippen LogP contribution in [-0.4, -0.2) is 27.5 Å². The average molecular weight is 425 g/mol. The third kappa shape index (κ3) is 4.99. The van der Waals surface area contributed by atoms with Gasteiger partial charge in [-0.3, -0.25) is 9.10 Å². The van der Waals surface area contributed by atoms with Crippen LogP contribution in [0.2, 0.25) is 0 Å². The van der Waals surface area contributed by atoms with Crippen molar-refractivity contribution in [3.05, 3.63) is 84.4 Å². The van der Waals surface area contributed by atoms with E-state index in [-0.39, 0.29) is 16.9 Å². The summed E-state index contributed by atoms with van der Waals surface area (Å²) < 4.78 is 32.4. The fourth-order valence-corrected chi connectivity index (χ4v) is 4.03. The van der Waals surface area contributed by atoms with Crippen molar-refractivity contribution in [1.82, 2.24) is 0 Å². The third-order valence-electron chi connectivity index (χ3n) is 4.36. The maximum atomic E-state index is 12.8. The van der Waals surface area contributed by atoms with E-state index in [4.69, 9.17) is 4.74 Å². The number of anilines is 2. The van der Waals surface area contributed by atoms with Crippen molar-refractivity contribution in [3.63, 3.8) is 0 Å². The first-order valence-corrected chi connectivity index (χ1v) is 10.9. The van der Waals surface area contributed by atoms with Crippen molar-refractivity contribution >= 4 is 27.3 Å². The Hall–Kier alpha value is -3.32. The maximum absolute atomic E-state index is 12.8. The number of benzene rings is 3. The van der Waals surface area contributed by atoms with Crippen LogP contribution in [0.15, 0.2) is 83.8 Å². The zero-order valence-electron chi connectivity index (χ0n) is 17.1. The molecule has 0 radical (unpaired) electrons. The molecule has 1 amide bonds. The van der Waals surface area contributed by atoms with Crippen LogP contribution >= 0.6 is 0 Å². The van der Waals surface area contributed by atoms with Gasteiger partial charge in [0.1, 0.15) is 5.75 Å². The van der Waals surface area contributed by atoms with Gasteiger partial charge in [0.05, 0.1) is 16.7 Å². The fraction of sp³-hybridized carbons (Fsp3) is 0.174. The number of rotatable bonds is 7. The van der Waals surface area contributed by atoms with E-state index in [2.05, 4.69) is 5.32 Å². The molecule has 0 fully saturated rings. The predicted molar refractivity (Wildman–Crippen MR) is 119 cm³/mol. The van der Waals surface area contributed by atoms with E-state index in [1.54, 1.807) is 66.7 Å². The molecule has 30 heavy (non-hydrogen) atoms. The zero-order valence-corrected chi connectivity index (χ0v) is 17.9. The summed E-state index contributed by atoms with van der Waals surface area (Å²) in [4.78, 5) is 12.8. The molecule has 0 spiro atoms. The molecule has 0 saturated heterocycles. The van der Waals surface area contributed by atoms with Crippen molar-refractivity contribution in [2.24, 2.45) is 0 Å². The number of sulfonamides is 1. The second kappa shape index (κ2) is 9.00. The van der Waals surface area contributed by atoms with Crippen LogP contribution in [0.3, 0.4) is 0 Å². The monoisotopic (exact) mass is 424 g/mol. The van der Waals surface area contributed by atoms with Crippen molar-refractivity contribution in [2.45, 2.75) is 24.8 Å². The molecule has 0 atom stereocenters. The summed E-state index contributed by atoms with van der Waals surface area (Å²) in [7, 11) is -2.26. The van der Waals surface area contributed by atoms with Gasteiger partial charge < -0.3 is 10.1 Å². The molecule has 6 nitrogen and oxygen atoms in total. The van der Waals surface area contributed by atoms with Gasteiger partial charge in [0.2, 0.25) is 0 Å². The standard InChI is InChI=1S/C23H24N2O4S/c1-17(2)29-21-14-12-19(13-15-21)24-23(26)18-8-7-9-20(16-18)25(3)30(27,28)22-10-5-4-6-11-22/h4-17H,1-3H3,(H,24,26). The first-order valence-electron chi connectivity index (χ1n) is 9.49. The smallest absolute Gasteiger partial charge is 0.264 e. The number of hydrogen-bond acceptors (Lipinski definition) is 4. The Morgan fingerprint density at radius 2 is 1.60 bits per heavy atom. The molecule has 0 aliphatic carbocycles. The molecule has 0 aliphatic rings. The van der Waals surface area contributed by atoms with Crippen LogP contribution in [0.1, 0.15) is 24.2 Å². The fourth-order valence-electron chi connectivity index (χ4n) is 2.82. The highest BCUT2D eigenvalue weighted by molar-refractivity contribution is 7.92. The molecule has 0 heterocycles. The Morgan fingerprint density at radius 1 is 0.933 bits per heavy atom. The Morgan fingerprint density at radius 3 is 2.23 bits per heavy atom. The zero-order chi connectivity index (χ0) is 21.7. The normalized spacial score (nSPS) is 11.2. The van der Waals surface area contributed by atoms with E-state index < -0.39 is 10.0 Å². The lowest BCUT2D eigenvalue weighted by Crippen LogP contribution is -2.26. The van der Waals surface area contributed by atoms with Crippen molar-refractivity contribution < 1.29 is 17.9 Å². The molecule has 7 heteroatoms. The van der Waals surface area contributed by atoms with Gasteiger partial charge in [0.15, 0.2) is 0 Å². The van der Waals surface area contributed by atoms with Crippen molar-refractivity contribution in [3.8, 4) is 5.75 Å². The number of nitrogens with one attached hydrogen (secondary N) is 1. The SMILES string of the molecule is CC(C)Oc1ccc(NC(=O)c2cccc(N(C)S(=O)(=O)c3ccccc3)c2)cc1. The number of ether oxygens (including phenoxy) is 1. The van der Waals surface area contributed by atoms with Gasteiger partial charge in [0, 0.05) is 18.3 Å². The molecule has 156 valence electrons. The molecular formula is C23H24N2O4S. The Bertz CT molecular complexity index is 1110. The minimum Gasteiger partial charge on any atom is -0.491 e. The first-order chi connectivity index (χ1) is 14.3. The summed E-state index contributed by atoms with van der Waals surface area (Å²) in [6.07, 6.45) is 0.0670. The number of hydrogen-bond donors (Lipinski definition) is 1. The number of carbonyl (C=O) groups excluding carboxylic acids is 1. The lowest BCUT2D eigenvalue weighted by Gasteiger charge is -2.20. The lowest BCUT2D eigenvalue weighted by molar-refractivity contribution is 0.102. The Kier molecular flexibility index (Phi) is 6.42. The van der Waals surface area contributed by atoms with Gasteiger partial charge in [-0.05, 0) is 68.4 Å². The van der Waals surface area contributed by atoms with E-state index in [0.717, 1.165) is 10.1 Å². The first kappa shape index (κ1) is 21.4. The van der Waals surface area contributed by atoms with Gasteiger partial charge in [-0.1, -0.05) is 24.3 Å².